The summed E-state index contributed by atoms with van der Waals surface area (Å²) in [6, 6.07) is 12.9. The van der Waals surface area contributed by atoms with E-state index in [-0.39, 0.29) is 18.2 Å². The Morgan fingerprint density at radius 2 is 1.65 bits per heavy atom. The summed E-state index contributed by atoms with van der Waals surface area (Å²) >= 11 is 0. The number of hydrogen-bond acceptors (Lipinski definition) is 3. The number of carbonyl (C=O) groups excluding carboxylic acids is 2. The molecule has 0 N–H and O–H groups in total. The molecule has 0 spiro atoms. The Labute approximate surface area is 179 Å². The topological polar surface area (TPSA) is 43.9 Å². The van der Waals surface area contributed by atoms with Crippen LogP contribution in [0.15, 0.2) is 48.5 Å². The quantitative estimate of drug-likeness (QED) is 0.744. The Morgan fingerprint density at radius 3 is 2.32 bits per heavy atom. The molecule has 2 heterocycles. The van der Waals surface area contributed by atoms with Gasteiger partial charge in [-0.15, -0.1) is 0 Å². The lowest BCUT2D eigenvalue weighted by molar-refractivity contribution is -0.137. The van der Waals surface area contributed by atoms with Crippen LogP contribution in [-0.4, -0.2) is 49.4 Å². The average molecular weight is 431 g/mol. The molecule has 2 saturated heterocycles. The third-order valence-corrected chi connectivity index (χ3v) is 5.92. The zero-order valence-electron chi connectivity index (χ0n) is 17.2. The summed E-state index contributed by atoms with van der Waals surface area (Å²) in [5.41, 5.74) is 1.67. The number of amides is 2. The van der Waals surface area contributed by atoms with E-state index in [0.29, 0.717) is 38.4 Å². The van der Waals surface area contributed by atoms with Crippen LogP contribution in [0, 0.1) is 12.8 Å². The summed E-state index contributed by atoms with van der Waals surface area (Å²) in [6.45, 7) is 4.06. The van der Waals surface area contributed by atoms with Crippen molar-refractivity contribution in [3.8, 4) is 0 Å². The minimum Gasteiger partial charge on any atom is -0.368 e. The molecule has 2 amide bonds. The van der Waals surface area contributed by atoms with Gasteiger partial charge >= 0.3 is 6.18 Å². The summed E-state index contributed by atoms with van der Waals surface area (Å²) < 4.78 is 38.9. The van der Waals surface area contributed by atoms with E-state index in [1.165, 1.54) is 6.07 Å². The molecule has 5 nitrogen and oxygen atoms in total. The zero-order valence-corrected chi connectivity index (χ0v) is 17.2. The first kappa shape index (κ1) is 21.2. The molecule has 2 fully saturated rings. The van der Waals surface area contributed by atoms with Gasteiger partial charge in [-0.25, -0.2) is 0 Å². The Balaban J connectivity index is 1.37. The lowest BCUT2D eigenvalue weighted by Crippen LogP contribution is -2.50. The van der Waals surface area contributed by atoms with Crippen LogP contribution in [0.4, 0.5) is 24.5 Å². The van der Waals surface area contributed by atoms with Crippen molar-refractivity contribution >= 4 is 23.2 Å². The van der Waals surface area contributed by atoms with Gasteiger partial charge in [0.1, 0.15) is 0 Å². The number of alkyl halides is 3. The molecule has 2 aliphatic heterocycles. The van der Waals surface area contributed by atoms with Crippen molar-refractivity contribution in [1.29, 1.82) is 0 Å². The van der Waals surface area contributed by atoms with E-state index in [9.17, 15) is 22.8 Å². The maximum atomic E-state index is 13.0. The fraction of sp³-hybridized carbons (Fsp3) is 0.391. The smallest absolute Gasteiger partial charge is 0.368 e. The van der Waals surface area contributed by atoms with Crippen molar-refractivity contribution in [3.05, 3.63) is 59.7 Å². The molecule has 8 heteroatoms. The Bertz CT molecular complexity index is 984. The van der Waals surface area contributed by atoms with Crippen LogP contribution >= 0.6 is 0 Å². The highest BCUT2D eigenvalue weighted by molar-refractivity contribution is 6.00. The first-order chi connectivity index (χ1) is 14.7. The lowest BCUT2D eigenvalue weighted by atomic mass is 10.1. The van der Waals surface area contributed by atoms with Gasteiger partial charge in [-0.2, -0.15) is 13.2 Å². The molecule has 1 unspecified atom stereocenters. The van der Waals surface area contributed by atoms with E-state index in [1.54, 1.807) is 15.9 Å². The number of halogens is 3. The fourth-order valence-corrected chi connectivity index (χ4v) is 4.24. The molecule has 0 radical (unpaired) electrons. The molecule has 4 rings (SSSR count). The van der Waals surface area contributed by atoms with E-state index < -0.39 is 17.7 Å². The molecule has 2 aromatic carbocycles. The predicted octanol–water partition coefficient (Wildman–Crippen LogP) is 3.72. The molecule has 0 aromatic heterocycles. The number of rotatable bonds is 3. The van der Waals surface area contributed by atoms with Gasteiger partial charge in [0.05, 0.1) is 11.5 Å². The molecule has 0 bridgehead atoms. The first-order valence-electron chi connectivity index (χ1n) is 10.3. The summed E-state index contributed by atoms with van der Waals surface area (Å²) in [7, 11) is 0. The lowest BCUT2D eigenvalue weighted by Gasteiger charge is -2.37. The van der Waals surface area contributed by atoms with Gasteiger partial charge in [0.2, 0.25) is 11.8 Å². The van der Waals surface area contributed by atoms with E-state index in [2.05, 4.69) is 0 Å². The molecular weight excluding hydrogens is 407 g/mol. The van der Waals surface area contributed by atoms with Crippen LogP contribution < -0.4 is 9.80 Å². The Hall–Kier alpha value is -3.03. The number of aryl methyl sites for hydroxylation is 1. The SMILES string of the molecule is Cc1cccc(N2CC(C(=O)N3CCN(c4cccc(C(F)(F)F)c4)CC3)CC2=O)c1. The van der Waals surface area contributed by atoms with Gasteiger partial charge in [0.15, 0.2) is 0 Å². The number of hydrogen-bond donors (Lipinski definition) is 0. The molecule has 2 aliphatic rings. The van der Waals surface area contributed by atoms with E-state index in [1.807, 2.05) is 36.1 Å². The number of carbonyl (C=O) groups is 2. The first-order valence-corrected chi connectivity index (χ1v) is 10.3. The summed E-state index contributed by atoms with van der Waals surface area (Å²) in [6.07, 6.45) is -4.20. The van der Waals surface area contributed by atoms with Crippen molar-refractivity contribution in [3.63, 3.8) is 0 Å². The normalized spacial score (nSPS) is 19.8. The predicted molar refractivity (Wildman–Crippen MR) is 112 cm³/mol. The Morgan fingerprint density at radius 1 is 0.968 bits per heavy atom. The molecule has 0 saturated carbocycles. The van der Waals surface area contributed by atoms with E-state index >= 15 is 0 Å². The van der Waals surface area contributed by atoms with Crippen LogP contribution in [0.5, 0.6) is 0 Å². The number of benzene rings is 2. The maximum absolute atomic E-state index is 13.0. The van der Waals surface area contributed by atoms with Gasteiger partial charge in [0, 0.05) is 50.5 Å². The van der Waals surface area contributed by atoms with Gasteiger partial charge < -0.3 is 14.7 Å². The Kier molecular flexibility index (Phi) is 5.64. The minimum absolute atomic E-state index is 0.0628. The van der Waals surface area contributed by atoms with Crippen molar-refractivity contribution in [1.82, 2.24) is 4.90 Å². The van der Waals surface area contributed by atoms with E-state index in [0.717, 1.165) is 23.4 Å². The highest BCUT2D eigenvalue weighted by Crippen LogP contribution is 2.32. The van der Waals surface area contributed by atoms with Crippen LogP contribution in [0.3, 0.4) is 0 Å². The standard InChI is InChI=1S/C23H24F3N3O2/c1-16-4-2-7-20(12-16)29-15-17(13-21(29)30)22(31)28-10-8-27(9-11-28)19-6-3-5-18(14-19)23(24,25)26/h2-7,12,14,17H,8-11,13,15H2,1H3. The van der Waals surface area contributed by atoms with Gasteiger partial charge in [-0.05, 0) is 42.8 Å². The summed E-state index contributed by atoms with van der Waals surface area (Å²) in [4.78, 5) is 30.7. The monoisotopic (exact) mass is 431 g/mol. The number of anilines is 2. The van der Waals surface area contributed by atoms with Gasteiger partial charge in [0.25, 0.3) is 0 Å². The molecule has 31 heavy (non-hydrogen) atoms. The second-order valence-corrected chi connectivity index (χ2v) is 8.10. The van der Waals surface area contributed by atoms with Crippen molar-refractivity contribution in [2.24, 2.45) is 5.92 Å². The van der Waals surface area contributed by atoms with Gasteiger partial charge in [-0.1, -0.05) is 18.2 Å². The maximum Gasteiger partial charge on any atom is 0.416 e. The van der Waals surface area contributed by atoms with Crippen molar-refractivity contribution in [2.75, 3.05) is 42.5 Å². The molecule has 1 atom stereocenters. The van der Waals surface area contributed by atoms with Crippen molar-refractivity contribution < 1.29 is 22.8 Å². The largest absolute Gasteiger partial charge is 0.416 e. The highest BCUT2D eigenvalue weighted by Gasteiger charge is 2.38. The average Bonchev–Trinajstić information content (AvgIpc) is 3.14. The summed E-state index contributed by atoms with van der Waals surface area (Å²) in [5, 5.41) is 0. The molecule has 2 aromatic rings. The van der Waals surface area contributed by atoms with Crippen LogP contribution in [0.2, 0.25) is 0 Å². The summed E-state index contributed by atoms with van der Waals surface area (Å²) in [5.74, 6) is -0.521. The molecular formula is C23H24F3N3O2. The number of piperazine rings is 1. The number of nitrogens with zero attached hydrogens (tertiary/aromatic N) is 3. The third kappa shape index (κ3) is 4.52. The highest BCUT2D eigenvalue weighted by atomic mass is 19.4. The second-order valence-electron chi connectivity index (χ2n) is 8.10. The minimum atomic E-state index is -4.38. The zero-order chi connectivity index (χ0) is 22.2. The fourth-order valence-electron chi connectivity index (χ4n) is 4.24. The van der Waals surface area contributed by atoms with Crippen LogP contribution in [0.25, 0.3) is 0 Å². The van der Waals surface area contributed by atoms with E-state index in [4.69, 9.17) is 0 Å². The molecule has 0 aliphatic carbocycles. The van der Waals surface area contributed by atoms with Crippen LogP contribution in [-0.2, 0) is 15.8 Å². The van der Waals surface area contributed by atoms with Crippen molar-refractivity contribution in [2.45, 2.75) is 19.5 Å². The van der Waals surface area contributed by atoms with Crippen LogP contribution in [0.1, 0.15) is 17.5 Å². The van der Waals surface area contributed by atoms with Gasteiger partial charge in [-0.3, -0.25) is 9.59 Å². The molecule has 164 valence electrons. The second kappa shape index (κ2) is 8.24. The third-order valence-electron chi connectivity index (χ3n) is 5.92.